The second-order valence-electron chi connectivity index (χ2n) is 6.99. The van der Waals surface area contributed by atoms with Gasteiger partial charge in [-0.2, -0.15) is 8.42 Å². The molecule has 0 heterocycles. The molecule has 0 amide bonds. The Morgan fingerprint density at radius 2 is 1.68 bits per heavy atom. The highest BCUT2D eigenvalue weighted by atomic mass is 32.3. The van der Waals surface area contributed by atoms with E-state index in [9.17, 15) is 17.4 Å². The van der Waals surface area contributed by atoms with Gasteiger partial charge in [0.25, 0.3) is 10.0 Å². The molecule has 2 aromatic carbocycles. The van der Waals surface area contributed by atoms with E-state index in [2.05, 4.69) is 10.3 Å². The average molecular weight is 418 g/mol. The molecule has 148 valence electrons. The van der Waals surface area contributed by atoms with Crippen LogP contribution in [-0.2, 0) is 24.5 Å². The van der Waals surface area contributed by atoms with Crippen molar-refractivity contribution in [3.8, 4) is 0 Å². The molecular weight excluding hydrogens is 394 g/mol. The van der Waals surface area contributed by atoms with Crippen LogP contribution in [0.1, 0.15) is 24.8 Å². The lowest BCUT2D eigenvalue weighted by Crippen LogP contribution is -2.27. The number of benzene rings is 2. The number of hydrogen-bond acceptors (Lipinski definition) is 4. The first-order valence-corrected chi connectivity index (χ1v) is 12.1. The Morgan fingerprint density at radius 3 is 2.21 bits per heavy atom. The van der Waals surface area contributed by atoms with Gasteiger partial charge in [0.1, 0.15) is 5.78 Å². The van der Waals surface area contributed by atoms with Crippen LogP contribution in [0.15, 0.2) is 80.8 Å². The van der Waals surface area contributed by atoms with Gasteiger partial charge in [0, 0.05) is 17.7 Å². The van der Waals surface area contributed by atoms with E-state index in [1.165, 1.54) is 18.2 Å². The van der Waals surface area contributed by atoms with E-state index >= 15 is 0 Å². The number of aryl methyl sites for hydroxylation is 1. The van der Waals surface area contributed by atoms with Gasteiger partial charge in [0.15, 0.2) is 0 Å². The molecule has 1 aliphatic carbocycles. The summed E-state index contributed by atoms with van der Waals surface area (Å²) in [4.78, 5) is 12.1. The van der Waals surface area contributed by atoms with Gasteiger partial charge in [-0.25, -0.2) is 4.21 Å². The van der Waals surface area contributed by atoms with E-state index in [-0.39, 0.29) is 23.0 Å². The predicted octanol–water partition coefficient (Wildman–Crippen LogP) is 4.13. The van der Waals surface area contributed by atoms with Crippen LogP contribution in [0.3, 0.4) is 0 Å². The highest BCUT2D eigenvalue weighted by Gasteiger charge is 2.37. The number of hydrogen-bond donors (Lipinski definition) is 0. The third-order valence-corrected chi connectivity index (χ3v) is 9.76. The summed E-state index contributed by atoms with van der Waals surface area (Å²) in [5, 5.41) is -0.735. The van der Waals surface area contributed by atoms with Gasteiger partial charge in [-0.3, -0.25) is 4.79 Å². The number of rotatable bonds is 6. The van der Waals surface area contributed by atoms with Crippen molar-refractivity contribution < 1.29 is 17.4 Å². The fourth-order valence-electron chi connectivity index (χ4n) is 3.47. The molecule has 0 N–H and O–H groups in total. The second-order valence-corrected chi connectivity index (χ2v) is 11.2. The van der Waals surface area contributed by atoms with Gasteiger partial charge in [-0.05, 0) is 43.5 Å². The number of carbonyl (C=O) groups is 1. The van der Waals surface area contributed by atoms with E-state index in [1.807, 2.05) is 6.92 Å². The Bertz CT molecular complexity index is 1100. The first kappa shape index (κ1) is 20.5. The Balaban J connectivity index is 2.20. The van der Waals surface area contributed by atoms with Crippen molar-refractivity contribution in [1.29, 1.82) is 0 Å². The summed E-state index contributed by atoms with van der Waals surface area (Å²) in [7, 11) is -7.58. The van der Waals surface area contributed by atoms with Crippen molar-refractivity contribution in [3.05, 3.63) is 72.8 Å². The van der Waals surface area contributed by atoms with Crippen LogP contribution in [0.2, 0.25) is 0 Å². The maximum atomic E-state index is 14.1. The number of ketones is 1. The minimum Gasteiger partial charge on any atom is -0.300 e. The van der Waals surface area contributed by atoms with Gasteiger partial charge in [0.05, 0.1) is 19.9 Å². The normalized spacial score (nSPS) is 20.3. The lowest BCUT2D eigenvalue weighted by molar-refractivity contribution is -0.117. The summed E-state index contributed by atoms with van der Waals surface area (Å²) in [6, 6.07) is 14.7. The topological polar surface area (TPSA) is 80.6 Å². The number of carbonyl (C=O) groups excluding carboxylic acids is 1. The highest BCUT2D eigenvalue weighted by Crippen LogP contribution is 2.35. The summed E-state index contributed by atoms with van der Waals surface area (Å²) < 4.78 is 44.1. The maximum Gasteiger partial charge on any atom is 0.290 e. The Labute approximate surface area is 166 Å². The van der Waals surface area contributed by atoms with Crippen molar-refractivity contribution in [3.63, 3.8) is 0 Å². The molecular formula is C21H23NO4S2. The quantitative estimate of drug-likeness (QED) is 0.662. The Hall–Kier alpha value is -2.25. The smallest absolute Gasteiger partial charge is 0.290 e. The molecule has 0 bridgehead atoms. The van der Waals surface area contributed by atoms with Crippen molar-refractivity contribution in [1.82, 2.24) is 0 Å². The first-order chi connectivity index (χ1) is 13.3. The lowest BCUT2D eigenvalue weighted by Gasteiger charge is -2.23. The molecule has 1 fully saturated rings. The molecule has 1 saturated carbocycles. The second kappa shape index (κ2) is 8.01. The highest BCUT2D eigenvalue weighted by molar-refractivity contribution is 8.03. The third kappa shape index (κ3) is 4.10. The zero-order valence-electron chi connectivity index (χ0n) is 15.7. The fourth-order valence-corrected chi connectivity index (χ4v) is 8.08. The first-order valence-electron chi connectivity index (χ1n) is 9.04. The molecule has 0 aromatic heterocycles. The van der Waals surface area contributed by atoms with Crippen LogP contribution < -0.4 is 0 Å². The third-order valence-electron chi connectivity index (χ3n) is 4.96. The van der Waals surface area contributed by atoms with E-state index in [4.69, 9.17) is 0 Å². The van der Waals surface area contributed by atoms with Crippen LogP contribution in [-0.4, -0.2) is 23.7 Å². The molecule has 5 nitrogen and oxygen atoms in total. The predicted molar refractivity (Wildman–Crippen MR) is 110 cm³/mol. The number of sulfonamides is 1. The molecule has 0 radical (unpaired) electrons. The SMILES string of the molecule is C=C[C@H]([C@H]1CCC(=O)C1)[S@@](=O)(=NS(=O)(=O)c1ccc(C)cc1)c1ccccc1. The molecule has 0 aliphatic heterocycles. The zero-order chi connectivity index (χ0) is 20.4. The van der Waals surface area contributed by atoms with Crippen molar-refractivity contribution in [2.45, 2.75) is 41.2 Å². The van der Waals surface area contributed by atoms with Crippen LogP contribution in [0.25, 0.3) is 0 Å². The van der Waals surface area contributed by atoms with E-state index < -0.39 is 25.0 Å². The molecule has 0 spiro atoms. The summed E-state index contributed by atoms with van der Waals surface area (Å²) in [5.41, 5.74) is 0.913. The van der Waals surface area contributed by atoms with E-state index in [0.29, 0.717) is 17.7 Å². The number of Topliss-reactive ketones (excluding diaryl/α,β-unsaturated/α-hetero) is 1. The van der Waals surface area contributed by atoms with Gasteiger partial charge >= 0.3 is 0 Å². The fraction of sp³-hybridized carbons (Fsp3) is 0.286. The minimum absolute atomic E-state index is 0.00735. The van der Waals surface area contributed by atoms with Crippen LogP contribution in [0.5, 0.6) is 0 Å². The minimum atomic E-state index is -4.16. The van der Waals surface area contributed by atoms with Gasteiger partial charge in [-0.1, -0.05) is 42.0 Å². The van der Waals surface area contributed by atoms with Gasteiger partial charge in [-0.15, -0.1) is 10.3 Å². The molecule has 0 unspecified atom stereocenters. The summed E-state index contributed by atoms with van der Waals surface area (Å²) in [6.07, 6.45) is 2.72. The van der Waals surface area contributed by atoms with Crippen molar-refractivity contribution >= 4 is 25.5 Å². The molecule has 3 rings (SSSR count). The molecule has 2 aromatic rings. The molecule has 3 atom stereocenters. The van der Waals surface area contributed by atoms with Gasteiger partial charge in [0.2, 0.25) is 0 Å². The molecule has 0 saturated heterocycles. The summed E-state index contributed by atoms with van der Waals surface area (Å²) >= 11 is 0. The maximum absolute atomic E-state index is 14.1. The monoisotopic (exact) mass is 417 g/mol. The summed E-state index contributed by atoms with van der Waals surface area (Å²) in [6.45, 7) is 5.64. The molecule has 28 heavy (non-hydrogen) atoms. The molecule has 1 aliphatic rings. The lowest BCUT2D eigenvalue weighted by atomic mass is 10.0. The van der Waals surface area contributed by atoms with Gasteiger partial charge < -0.3 is 0 Å². The largest absolute Gasteiger partial charge is 0.300 e. The summed E-state index contributed by atoms with van der Waals surface area (Å²) in [5.74, 6) is -0.150. The van der Waals surface area contributed by atoms with Crippen LogP contribution >= 0.6 is 0 Å². The van der Waals surface area contributed by atoms with E-state index in [1.54, 1.807) is 42.5 Å². The number of nitrogens with zero attached hydrogens (tertiary/aromatic N) is 1. The standard InChI is InChI=1S/C21H23NO4S2/c1-3-21(17-11-12-18(23)15-17)27(24,19-7-5-4-6-8-19)22-28(25,26)20-13-9-16(2)10-14-20/h3-10,13-14,17,21H,1,11-12,15H2,2H3/t17-,21+,27+/m0/s1. The average Bonchev–Trinajstić information content (AvgIpc) is 3.09. The van der Waals surface area contributed by atoms with Crippen molar-refractivity contribution in [2.24, 2.45) is 9.69 Å². The molecule has 7 heteroatoms. The Morgan fingerprint density at radius 1 is 1.04 bits per heavy atom. The Kier molecular flexibility index (Phi) is 5.86. The van der Waals surface area contributed by atoms with Crippen LogP contribution in [0, 0.1) is 12.8 Å². The van der Waals surface area contributed by atoms with Crippen molar-refractivity contribution in [2.75, 3.05) is 0 Å². The van der Waals surface area contributed by atoms with E-state index in [0.717, 1.165) is 5.56 Å². The van der Waals surface area contributed by atoms with Crippen LogP contribution in [0.4, 0.5) is 0 Å². The zero-order valence-corrected chi connectivity index (χ0v) is 17.3.